The molecular formula is C13H15N5O. The molecular weight excluding hydrogens is 242 g/mol. The summed E-state index contributed by atoms with van der Waals surface area (Å²) in [5.74, 6) is 2.03. The molecule has 0 unspecified atom stereocenters. The van der Waals surface area contributed by atoms with E-state index in [1.165, 1.54) is 11.9 Å². The van der Waals surface area contributed by atoms with Crippen LogP contribution in [-0.4, -0.2) is 34.1 Å². The molecule has 0 aliphatic heterocycles. The molecule has 6 heteroatoms. The first-order valence-electron chi connectivity index (χ1n) is 6.25. The Kier molecular flexibility index (Phi) is 2.98. The number of methoxy groups -OCH3 is 1. The fraction of sp³-hybridized carbons (Fsp3) is 0.385. The van der Waals surface area contributed by atoms with Crippen LogP contribution in [0.5, 0.6) is 5.88 Å². The van der Waals surface area contributed by atoms with Gasteiger partial charge in [-0.3, -0.25) is 0 Å². The van der Waals surface area contributed by atoms with Crippen LogP contribution in [0.25, 0.3) is 11.5 Å². The molecule has 0 aromatic carbocycles. The molecule has 1 aliphatic carbocycles. The fourth-order valence-corrected chi connectivity index (χ4v) is 2.33. The molecule has 2 aromatic heterocycles. The Balaban J connectivity index is 2.10. The molecule has 0 bridgehead atoms. The zero-order valence-electron chi connectivity index (χ0n) is 11.0. The summed E-state index contributed by atoms with van der Waals surface area (Å²) in [6, 6.07) is 1.75. The monoisotopic (exact) mass is 257 g/mol. The van der Waals surface area contributed by atoms with Crippen molar-refractivity contribution in [2.24, 2.45) is 0 Å². The molecule has 3 rings (SSSR count). The van der Waals surface area contributed by atoms with Gasteiger partial charge in [-0.15, -0.1) is 0 Å². The Morgan fingerprint density at radius 3 is 2.89 bits per heavy atom. The van der Waals surface area contributed by atoms with Crippen molar-refractivity contribution in [2.45, 2.75) is 19.3 Å². The highest BCUT2D eigenvalue weighted by molar-refractivity contribution is 5.58. The van der Waals surface area contributed by atoms with Gasteiger partial charge < -0.3 is 10.1 Å². The minimum Gasteiger partial charge on any atom is -0.481 e. The smallest absolute Gasteiger partial charge is 0.216 e. The van der Waals surface area contributed by atoms with Crippen molar-refractivity contribution in [3.05, 3.63) is 23.7 Å². The second-order valence-electron chi connectivity index (χ2n) is 4.37. The van der Waals surface area contributed by atoms with Crippen LogP contribution >= 0.6 is 0 Å². The van der Waals surface area contributed by atoms with Crippen LogP contribution in [0.15, 0.2) is 12.4 Å². The van der Waals surface area contributed by atoms with Crippen molar-refractivity contribution in [2.75, 3.05) is 19.5 Å². The van der Waals surface area contributed by atoms with Gasteiger partial charge in [0.1, 0.15) is 17.8 Å². The number of hydrogen-bond acceptors (Lipinski definition) is 6. The van der Waals surface area contributed by atoms with E-state index < -0.39 is 0 Å². The summed E-state index contributed by atoms with van der Waals surface area (Å²) in [7, 11) is 3.46. The summed E-state index contributed by atoms with van der Waals surface area (Å²) in [5, 5.41) is 3.14. The normalized spacial score (nSPS) is 13.2. The Hall–Kier alpha value is -2.24. The van der Waals surface area contributed by atoms with Gasteiger partial charge in [0.05, 0.1) is 7.11 Å². The van der Waals surface area contributed by atoms with Crippen molar-refractivity contribution < 1.29 is 4.74 Å². The maximum Gasteiger partial charge on any atom is 0.216 e. The van der Waals surface area contributed by atoms with Crippen molar-refractivity contribution >= 4 is 5.82 Å². The largest absolute Gasteiger partial charge is 0.481 e. The second kappa shape index (κ2) is 4.79. The van der Waals surface area contributed by atoms with Gasteiger partial charge in [-0.1, -0.05) is 0 Å². The lowest BCUT2D eigenvalue weighted by Gasteiger charge is -2.09. The first-order valence-corrected chi connectivity index (χ1v) is 6.25. The third-order valence-corrected chi connectivity index (χ3v) is 3.25. The first-order chi connectivity index (χ1) is 9.31. The number of nitrogens with one attached hydrogen (secondary N) is 1. The van der Waals surface area contributed by atoms with E-state index in [0.717, 1.165) is 30.8 Å². The molecule has 98 valence electrons. The number of fused-ring (bicyclic) bond motifs is 1. The maximum atomic E-state index is 5.10. The van der Waals surface area contributed by atoms with E-state index in [1.807, 2.05) is 7.05 Å². The topological polar surface area (TPSA) is 72.8 Å². The van der Waals surface area contributed by atoms with Crippen LogP contribution in [0, 0.1) is 0 Å². The van der Waals surface area contributed by atoms with Gasteiger partial charge in [0.2, 0.25) is 5.88 Å². The third kappa shape index (κ3) is 2.09. The highest BCUT2D eigenvalue weighted by atomic mass is 16.5. The highest BCUT2D eigenvalue weighted by Gasteiger charge is 2.19. The molecule has 0 saturated carbocycles. The lowest BCUT2D eigenvalue weighted by Crippen LogP contribution is -2.04. The molecule has 2 heterocycles. The number of ether oxygens (including phenoxy) is 1. The minimum absolute atomic E-state index is 0.514. The Bertz CT molecular complexity index is 614. The zero-order valence-corrected chi connectivity index (χ0v) is 11.0. The minimum atomic E-state index is 0.514. The van der Waals surface area contributed by atoms with Crippen molar-refractivity contribution in [1.82, 2.24) is 19.9 Å². The van der Waals surface area contributed by atoms with E-state index in [1.54, 1.807) is 13.2 Å². The van der Waals surface area contributed by atoms with Gasteiger partial charge in [-0.2, -0.15) is 0 Å². The highest BCUT2D eigenvalue weighted by Crippen LogP contribution is 2.28. The van der Waals surface area contributed by atoms with E-state index in [0.29, 0.717) is 17.4 Å². The molecule has 0 saturated heterocycles. The van der Waals surface area contributed by atoms with E-state index in [9.17, 15) is 0 Å². The van der Waals surface area contributed by atoms with Gasteiger partial charge in [-0.25, -0.2) is 19.9 Å². The Morgan fingerprint density at radius 2 is 2.11 bits per heavy atom. The summed E-state index contributed by atoms with van der Waals surface area (Å²) < 4.78 is 5.10. The fourth-order valence-electron chi connectivity index (χ4n) is 2.33. The quantitative estimate of drug-likeness (QED) is 0.897. The SMILES string of the molecule is CNc1nc(-c2cc(OC)ncn2)nc2c1CCC2. The number of aromatic nitrogens is 4. The Morgan fingerprint density at radius 1 is 1.21 bits per heavy atom. The molecule has 19 heavy (non-hydrogen) atoms. The van der Waals surface area contributed by atoms with Gasteiger partial charge in [0, 0.05) is 24.4 Å². The third-order valence-electron chi connectivity index (χ3n) is 3.25. The van der Waals surface area contributed by atoms with E-state index in [2.05, 4.69) is 25.3 Å². The van der Waals surface area contributed by atoms with Gasteiger partial charge >= 0.3 is 0 Å². The standard InChI is InChI=1S/C13H15N5O/c1-14-12-8-4-3-5-9(8)17-13(18-12)10-6-11(19-2)16-7-15-10/h6-7H,3-5H2,1-2H3,(H,14,17,18). The Labute approximate surface area is 111 Å². The summed E-state index contributed by atoms with van der Waals surface area (Å²) in [4.78, 5) is 17.4. The lowest BCUT2D eigenvalue weighted by atomic mass is 10.2. The zero-order chi connectivity index (χ0) is 13.2. The van der Waals surface area contributed by atoms with Gasteiger partial charge in [-0.05, 0) is 19.3 Å². The predicted octanol–water partition coefficient (Wildman–Crippen LogP) is 1.47. The molecule has 2 aromatic rings. The predicted molar refractivity (Wildman–Crippen MR) is 71.2 cm³/mol. The number of aryl methyl sites for hydroxylation is 1. The number of rotatable bonds is 3. The van der Waals surface area contributed by atoms with Crippen LogP contribution in [0.1, 0.15) is 17.7 Å². The van der Waals surface area contributed by atoms with Gasteiger partial charge in [0.15, 0.2) is 5.82 Å². The van der Waals surface area contributed by atoms with Crippen LogP contribution in [-0.2, 0) is 12.8 Å². The van der Waals surface area contributed by atoms with Crippen LogP contribution < -0.4 is 10.1 Å². The van der Waals surface area contributed by atoms with E-state index >= 15 is 0 Å². The molecule has 6 nitrogen and oxygen atoms in total. The molecule has 0 radical (unpaired) electrons. The second-order valence-corrected chi connectivity index (χ2v) is 4.37. The molecule has 0 amide bonds. The van der Waals surface area contributed by atoms with E-state index in [4.69, 9.17) is 4.74 Å². The van der Waals surface area contributed by atoms with Crippen LogP contribution in [0.3, 0.4) is 0 Å². The summed E-state index contributed by atoms with van der Waals surface area (Å²) in [5.41, 5.74) is 3.03. The van der Waals surface area contributed by atoms with Crippen molar-refractivity contribution in [3.8, 4) is 17.4 Å². The average molecular weight is 257 g/mol. The molecule has 0 spiro atoms. The number of hydrogen-bond donors (Lipinski definition) is 1. The van der Waals surface area contributed by atoms with Crippen molar-refractivity contribution in [1.29, 1.82) is 0 Å². The molecule has 0 fully saturated rings. The summed E-state index contributed by atoms with van der Waals surface area (Å²) >= 11 is 0. The first kappa shape index (κ1) is 11.8. The molecule has 1 aliphatic rings. The number of nitrogens with zero attached hydrogens (tertiary/aromatic N) is 4. The average Bonchev–Trinajstić information content (AvgIpc) is 2.94. The summed E-state index contributed by atoms with van der Waals surface area (Å²) in [6.07, 6.45) is 4.64. The summed E-state index contributed by atoms with van der Waals surface area (Å²) in [6.45, 7) is 0. The maximum absolute atomic E-state index is 5.10. The van der Waals surface area contributed by atoms with Crippen LogP contribution in [0.4, 0.5) is 5.82 Å². The molecule has 0 atom stereocenters. The number of anilines is 1. The van der Waals surface area contributed by atoms with Crippen molar-refractivity contribution in [3.63, 3.8) is 0 Å². The lowest BCUT2D eigenvalue weighted by molar-refractivity contribution is 0.397. The molecule has 1 N–H and O–H groups in total. The van der Waals surface area contributed by atoms with Gasteiger partial charge in [0.25, 0.3) is 0 Å². The van der Waals surface area contributed by atoms with Crippen LogP contribution in [0.2, 0.25) is 0 Å². The van der Waals surface area contributed by atoms with E-state index in [-0.39, 0.29) is 0 Å².